The minimum atomic E-state index is -2.11. The molecule has 31 heteroatoms. The molecule has 3 fully saturated rings. The number of aliphatic hydroxyl groups excluding tert-OH is 1. The van der Waals surface area contributed by atoms with Gasteiger partial charge in [-0.25, -0.2) is 0 Å². The third-order valence-electron chi connectivity index (χ3n) is 15.6. The fraction of sp³-hybridized carbons (Fsp3) is 0.500. The number of azide groups is 1. The van der Waals surface area contributed by atoms with Gasteiger partial charge in [0.05, 0.1) is 53.2 Å². The number of esters is 6. The van der Waals surface area contributed by atoms with Crippen molar-refractivity contribution in [1.82, 2.24) is 14.7 Å². The van der Waals surface area contributed by atoms with Gasteiger partial charge in [0.15, 0.2) is 55.5 Å². The average molecular weight is 1270 g/mol. The number of carbonyl (C=O) groups excluding carboxylic acids is 12. The van der Waals surface area contributed by atoms with Crippen molar-refractivity contribution in [1.29, 1.82) is 0 Å². The van der Waals surface area contributed by atoms with E-state index in [1.165, 1.54) is 72.8 Å². The highest BCUT2D eigenvalue weighted by atomic mass is 16.8. The molecule has 484 valence electrons. The van der Waals surface area contributed by atoms with E-state index in [2.05, 4.69) is 10.0 Å². The van der Waals surface area contributed by atoms with Crippen molar-refractivity contribution in [2.75, 3.05) is 33.0 Å². The van der Waals surface area contributed by atoms with Crippen LogP contribution in [0.25, 0.3) is 10.4 Å². The SMILES string of the molecule is CC(=O)O[C@H]1[C@H](OC(C)=O)[C@@H](CO)O[C@@H](OC[C@H]2O[C@@H](OC[C@H]3O[C@@H](OCCCCCCN=[N+]=[N-])[C@H](N4C(=O)c5ccccc5C4=O)[C@@H](OC(C)=O)[C@@H]3OC(C)=O)[C@H](N3C(=O)c4ccccc4C3=O)[C@@H](OC(C)=O)[C@@H]2OC(C)=O)[C@@H]1N1C(=O)c2ccccc2C1=O. The van der Waals surface area contributed by atoms with Crippen LogP contribution < -0.4 is 0 Å². The molecule has 0 bridgehead atoms. The van der Waals surface area contributed by atoms with Crippen LogP contribution in [-0.4, -0.2) is 216 Å². The zero-order valence-electron chi connectivity index (χ0n) is 49.9. The van der Waals surface area contributed by atoms with Crippen LogP contribution in [0.4, 0.5) is 0 Å². The predicted octanol–water partition coefficient (Wildman–Crippen LogP) is 2.66. The smallest absolute Gasteiger partial charge is 0.303 e. The van der Waals surface area contributed by atoms with Gasteiger partial charge in [-0.05, 0) is 54.8 Å². The normalized spacial score (nSPS) is 28.3. The lowest BCUT2D eigenvalue weighted by atomic mass is 9.93. The molecule has 6 aliphatic rings. The minimum Gasteiger partial charge on any atom is -0.456 e. The lowest BCUT2D eigenvalue weighted by Gasteiger charge is -2.50. The van der Waals surface area contributed by atoms with E-state index in [9.17, 15) is 62.6 Å². The molecule has 0 spiro atoms. The van der Waals surface area contributed by atoms with E-state index >= 15 is 0 Å². The van der Waals surface area contributed by atoms with E-state index < -0.39 is 183 Å². The van der Waals surface area contributed by atoms with Gasteiger partial charge >= 0.3 is 35.8 Å². The zero-order chi connectivity index (χ0) is 65.5. The molecular weight excluding hydrogens is 1200 g/mol. The molecule has 3 aromatic carbocycles. The van der Waals surface area contributed by atoms with E-state index in [0.717, 1.165) is 46.4 Å². The number of fused-ring (bicyclic) bond motifs is 3. The van der Waals surface area contributed by atoms with Gasteiger partial charge < -0.3 is 61.9 Å². The van der Waals surface area contributed by atoms with Crippen LogP contribution in [0.15, 0.2) is 77.9 Å². The van der Waals surface area contributed by atoms with E-state index in [0.29, 0.717) is 35.5 Å². The van der Waals surface area contributed by atoms with Gasteiger partial charge in [-0.15, -0.1) is 0 Å². The Balaban J connectivity index is 1.12. The zero-order valence-corrected chi connectivity index (χ0v) is 49.9. The Bertz CT molecular complexity index is 3320. The topological polar surface area (TPSA) is 394 Å². The monoisotopic (exact) mass is 1270 g/mol. The number of rotatable bonds is 24. The summed E-state index contributed by atoms with van der Waals surface area (Å²) in [6.07, 6.45) is -20.2. The highest BCUT2D eigenvalue weighted by Crippen LogP contribution is 2.41. The summed E-state index contributed by atoms with van der Waals surface area (Å²) in [6.45, 7) is 3.18. The number of ether oxygens (including phenoxy) is 12. The number of imide groups is 3. The lowest BCUT2D eigenvalue weighted by molar-refractivity contribution is -0.326. The van der Waals surface area contributed by atoms with Crippen molar-refractivity contribution in [3.8, 4) is 0 Å². The predicted molar refractivity (Wildman–Crippen MR) is 299 cm³/mol. The van der Waals surface area contributed by atoms with Crippen molar-refractivity contribution in [3.05, 3.63) is 117 Å². The first-order valence-corrected chi connectivity index (χ1v) is 28.9. The number of benzene rings is 3. The molecule has 91 heavy (non-hydrogen) atoms. The van der Waals surface area contributed by atoms with Crippen molar-refractivity contribution in [2.24, 2.45) is 5.11 Å². The number of amides is 6. The molecule has 3 aromatic rings. The molecule has 6 heterocycles. The molecule has 9 rings (SSSR count). The maximum Gasteiger partial charge on any atom is 0.303 e. The first-order chi connectivity index (χ1) is 43.6. The highest BCUT2D eigenvalue weighted by molar-refractivity contribution is 6.23. The number of nitrogens with zero attached hydrogens (tertiary/aromatic N) is 6. The molecule has 6 amide bonds. The molecule has 0 unspecified atom stereocenters. The Kier molecular flexibility index (Phi) is 21.0. The summed E-state index contributed by atoms with van der Waals surface area (Å²) in [5, 5.41) is 14.3. The average Bonchev–Trinajstić information content (AvgIpc) is 1.73. The quantitative estimate of drug-likeness (QED) is 0.0256. The van der Waals surface area contributed by atoms with Gasteiger partial charge in [0, 0.05) is 59.6 Å². The summed E-state index contributed by atoms with van der Waals surface area (Å²) in [6, 6.07) is 11.6. The number of carbonyl (C=O) groups is 12. The molecular formula is C60H64N6O25. The van der Waals surface area contributed by atoms with E-state index in [4.69, 9.17) is 62.4 Å². The Morgan fingerprint density at radius 3 is 1.00 bits per heavy atom. The van der Waals surface area contributed by atoms with E-state index in [1.807, 2.05) is 0 Å². The summed E-state index contributed by atoms with van der Waals surface area (Å²) >= 11 is 0. The molecule has 0 radical (unpaired) electrons. The Hall–Kier alpha value is -9.07. The van der Waals surface area contributed by atoms with Crippen LogP contribution in [0.1, 0.15) is 129 Å². The fourth-order valence-electron chi connectivity index (χ4n) is 12.0. The second-order valence-corrected chi connectivity index (χ2v) is 21.7. The van der Waals surface area contributed by atoms with Gasteiger partial charge in [0.25, 0.3) is 35.4 Å². The second kappa shape index (κ2) is 28.8. The maximum atomic E-state index is 14.7. The van der Waals surface area contributed by atoms with E-state index in [-0.39, 0.29) is 46.5 Å². The first kappa shape index (κ1) is 66.4. The standard InChI is InChI=1S/C60H64N6O25/c1-28(68)83-46-40(25-67)89-59(44(49(46)86-31(4)71)65-54(76)36-19-11-12-20-37(36)55(65)77)81-27-42-48(85-30(3)70)51(88-33(6)73)45(66-56(78)38-21-13-14-22-39(38)57(66)79)60(91-42)82-26-41-47(84-29(2)69)50(87-32(5)72)43(58(90-41)80-24-16-8-7-15-23-62-63-61)64-52(74)34-17-9-10-18-35(34)53(64)75/h9-14,17-22,40-51,58-60,67H,7-8,15-16,23-27H2,1-6H3/t40-,41-,42-,43-,44-,45-,46-,47-,48-,49-,50-,51-,58-,59-,60-/m1/s1. The van der Waals surface area contributed by atoms with Gasteiger partial charge in [-0.1, -0.05) is 54.4 Å². The number of unbranched alkanes of at least 4 members (excludes halogenated alkanes) is 3. The molecule has 3 saturated heterocycles. The minimum absolute atomic E-state index is 0.0262. The lowest BCUT2D eigenvalue weighted by Crippen LogP contribution is -2.70. The molecule has 15 atom stereocenters. The highest BCUT2D eigenvalue weighted by Gasteiger charge is 2.62. The molecule has 0 saturated carbocycles. The van der Waals surface area contributed by atoms with Gasteiger partial charge in [0.2, 0.25) is 0 Å². The molecule has 1 N–H and O–H groups in total. The third kappa shape index (κ3) is 14.0. The molecule has 0 aliphatic carbocycles. The summed E-state index contributed by atoms with van der Waals surface area (Å²) in [5.41, 5.74) is 8.23. The van der Waals surface area contributed by atoms with Crippen molar-refractivity contribution >= 4 is 71.3 Å². The van der Waals surface area contributed by atoms with Crippen molar-refractivity contribution in [3.63, 3.8) is 0 Å². The van der Waals surface area contributed by atoms with Gasteiger partial charge in [-0.2, -0.15) is 0 Å². The van der Waals surface area contributed by atoms with Crippen molar-refractivity contribution in [2.45, 2.75) is 159 Å². The summed E-state index contributed by atoms with van der Waals surface area (Å²) in [5.74, 6) is -11.7. The molecule has 6 aliphatic heterocycles. The number of hydrogen-bond donors (Lipinski definition) is 1. The van der Waals surface area contributed by atoms with Crippen LogP contribution in [0, 0.1) is 0 Å². The maximum absolute atomic E-state index is 14.7. The third-order valence-corrected chi connectivity index (χ3v) is 15.6. The van der Waals surface area contributed by atoms with Crippen LogP contribution in [0.5, 0.6) is 0 Å². The molecule has 0 aromatic heterocycles. The van der Waals surface area contributed by atoms with Crippen molar-refractivity contribution < 1.29 is 119 Å². The largest absolute Gasteiger partial charge is 0.456 e. The van der Waals surface area contributed by atoms with Crippen LogP contribution in [0.2, 0.25) is 0 Å². The van der Waals surface area contributed by atoms with Crippen LogP contribution >= 0.6 is 0 Å². The van der Waals surface area contributed by atoms with Gasteiger partial charge in [-0.3, -0.25) is 72.2 Å². The number of aliphatic hydroxyl groups is 1. The summed E-state index contributed by atoms with van der Waals surface area (Å²) in [4.78, 5) is 171. The first-order valence-electron chi connectivity index (χ1n) is 28.9. The van der Waals surface area contributed by atoms with Gasteiger partial charge in [0.1, 0.15) is 36.4 Å². The summed E-state index contributed by atoms with van der Waals surface area (Å²) in [7, 11) is 0. The summed E-state index contributed by atoms with van der Waals surface area (Å²) < 4.78 is 73.5. The Morgan fingerprint density at radius 1 is 0.429 bits per heavy atom. The number of hydrogen-bond acceptors (Lipinski definition) is 26. The molecule has 31 nitrogen and oxygen atoms in total. The van der Waals surface area contributed by atoms with Crippen LogP contribution in [0.3, 0.4) is 0 Å². The van der Waals surface area contributed by atoms with Crippen LogP contribution in [-0.2, 0) is 85.6 Å². The Labute approximate surface area is 517 Å². The Morgan fingerprint density at radius 2 is 0.703 bits per heavy atom. The fourth-order valence-corrected chi connectivity index (χ4v) is 12.0. The van der Waals surface area contributed by atoms with E-state index in [1.54, 1.807) is 0 Å². The second-order valence-electron chi connectivity index (χ2n) is 21.7.